The molecule has 0 aromatic heterocycles. The van der Waals surface area contributed by atoms with Gasteiger partial charge in [-0.05, 0) is 37.5 Å². The monoisotopic (exact) mass is 435 g/mol. The van der Waals surface area contributed by atoms with Crippen molar-refractivity contribution in [1.82, 2.24) is 15.1 Å². The largest absolute Gasteiger partial charge is 0.510 e. The van der Waals surface area contributed by atoms with E-state index in [0.29, 0.717) is 30.5 Å². The van der Waals surface area contributed by atoms with Crippen molar-refractivity contribution in [2.45, 2.75) is 45.0 Å². The quantitative estimate of drug-likeness (QED) is 0.743. The summed E-state index contributed by atoms with van der Waals surface area (Å²) in [5.74, 6) is -1.26. The van der Waals surface area contributed by atoms with Gasteiger partial charge in [-0.1, -0.05) is 17.7 Å². The first kappa shape index (κ1) is 20.7. The summed E-state index contributed by atoms with van der Waals surface area (Å²) in [5, 5.41) is 13.5. The maximum Gasteiger partial charge on any atom is 0.276 e. The Morgan fingerprint density at radius 3 is 2.87 bits per heavy atom. The van der Waals surface area contributed by atoms with Crippen molar-refractivity contribution in [2.75, 3.05) is 13.7 Å². The number of piperazine rings is 1. The molecule has 1 aromatic rings. The molecule has 2 atom stereocenters. The Bertz CT molecular complexity index is 977. The van der Waals surface area contributed by atoms with Crippen LogP contribution in [0.3, 0.4) is 0 Å². The minimum absolute atomic E-state index is 0.00909. The number of nitrogens with one attached hydrogen (secondary N) is 1. The van der Waals surface area contributed by atoms with E-state index in [9.17, 15) is 19.1 Å². The van der Waals surface area contributed by atoms with Crippen molar-refractivity contribution >= 4 is 23.4 Å². The first-order valence-corrected chi connectivity index (χ1v) is 10.2. The van der Waals surface area contributed by atoms with Gasteiger partial charge in [0, 0.05) is 37.9 Å². The Morgan fingerprint density at radius 2 is 2.20 bits per heavy atom. The number of hydrogen-bond donors (Lipinski definition) is 2. The summed E-state index contributed by atoms with van der Waals surface area (Å²) in [4.78, 5) is 29.3. The lowest BCUT2D eigenvalue weighted by molar-refractivity contribution is -0.154. The molecule has 30 heavy (non-hydrogen) atoms. The number of ether oxygens (including phenoxy) is 1. The predicted octanol–water partition coefficient (Wildman–Crippen LogP) is 2.82. The zero-order valence-corrected chi connectivity index (χ0v) is 17.5. The summed E-state index contributed by atoms with van der Waals surface area (Å²) in [5.41, 5.74) is 2.07. The van der Waals surface area contributed by atoms with Gasteiger partial charge in [0.05, 0.1) is 11.1 Å². The molecule has 0 aliphatic carbocycles. The number of hydrogen-bond acceptors (Lipinski definition) is 5. The summed E-state index contributed by atoms with van der Waals surface area (Å²) < 4.78 is 18.9. The number of amides is 2. The van der Waals surface area contributed by atoms with Crippen molar-refractivity contribution in [3.63, 3.8) is 0 Å². The van der Waals surface area contributed by atoms with E-state index < -0.39 is 12.0 Å². The molecule has 1 aromatic carbocycles. The van der Waals surface area contributed by atoms with E-state index in [1.807, 2.05) is 6.92 Å². The number of benzene rings is 1. The lowest BCUT2D eigenvalue weighted by atomic mass is 9.98. The molecule has 0 radical (unpaired) electrons. The SMILES string of the molecule is CCN1C(=O)C2=C(O)CC(C(=O)NCc3ccc(F)c(Cl)c3)=C3CC[C@@H]([C@H]1OC)N32. The second kappa shape index (κ2) is 7.92. The zero-order valence-electron chi connectivity index (χ0n) is 16.7. The van der Waals surface area contributed by atoms with E-state index in [4.69, 9.17) is 16.3 Å². The number of halogens is 2. The molecule has 9 heteroatoms. The molecule has 0 spiro atoms. The lowest BCUT2D eigenvalue weighted by Crippen LogP contribution is -2.60. The molecule has 2 amide bonds. The summed E-state index contributed by atoms with van der Waals surface area (Å²) in [6.07, 6.45) is 0.862. The van der Waals surface area contributed by atoms with Crippen LogP contribution in [0, 0.1) is 5.82 Å². The number of nitrogens with zero attached hydrogens (tertiary/aromatic N) is 2. The average molecular weight is 436 g/mol. The Labute approximate surface area is 178 Å². The fraction of sp³-hybridized carbons (Fsp3) is 0.429. The van der Waals surface area contributed by atoms with Gasteiger partial charge in [0.1, 0.15) is 17.3 Å². The Hall–Kier alpha value is -2.58. The molecular weight excluding hydrogens is 413 g/mol. The number of likely N-dealkylation sites (N-methyl/N-ethyl adjacent to an activating group) is 1. The Morgan fingerprint density at radius 1 is 1.43 bits per heavy atom. The van der Waals surface area contributed by atoms with Crippen LogP contribution in [0.5, 0.6) is 0 Å². The molecule has 0 unspecified atom stereocenters. The average Bonchev–Trinajstić information content (AvgIpc) is 3.16. The molecule has 0 saturated carbocycles. The van der Waals surface area contributed by atoms with Gasteiger partial charge in [0.15, 0.2) is 6.23 Å². The van der Waals surface area contributed by atoms with Crippen LogP contribution in [0.4, 0.5) is 4.39 Å². The Kier molecular flexibility index (Phi) is 5.46. The van der Waals surface area contributed by atoms with E-state index in [0.717, 1.165) is 5.70 Å². The molecule has 3 aliphatic rings. The number of carbonyl (C=O) groups excluding carboxylic acids is 2. The highest BCUT2D eigenvalue weighted by atomic mass is 35.5. The minimum atomic E-state index is -0.521. The summed E-state index contributed by atoms with van der Waals surface area (Å²) in [7, 11) is 1.56. The van der Waals surface area contributed by atoms with Gasteiger partial charge in [0.2, 0.25) is 5.91 Å². The lowest BCUT2D eigenvalue weighted by Gasteiger charge is -2.46. The van der Waals surface area contributed by atoms with Crippen LogP contribution in [0.2, 0.25) is 5.02 Å². The molecule has 3 heterocycles. The van der Waals surface area contributed by atoms with Crippen LogP contribution in [-0.2, 0) is 20.9 Å². The van der Waals surface area contributed by atoms with Crippen molar-refractivity contribution in [1.29, 1.82) is 0 Å². The molecule has 2 saturated heterocycles. The molecule has 2 N–H and O–H groups in total. The number of rotatable bonds is 5. The number of aliphatic hydroxyl groups excluding tert-OH is 1. The van der Waals surface area contributed by atoms with E-state index >= 15 is 0 Å². The van der Waals surface area contributed by atoms with Crippen LogP contribution in [0.15, 0.2) is 40.9 Å². The number of carbonyl (C=O) groups is 2. The maximum absolute atomic E-state index is 13.3. The van der Waals surface area contributed by atoms with Gasteiger partial charge >= 0.3 is 0 Å². The van der Waals surface area contributed by atoms with Crippen molar-refractivity contribution in [3.8, 4) is 0 Å². The van der Waals surface area contributed by atoms with Crippen molar-refractivity contribution in [2.24, 2.45) is 0 Å². The highest BCUT2D eigenvalue weighted by Crippen LogP contribution is 2.45. The van der Waals surface area contributed by atoms with Crippen molar-refractivity contribution in [3.05, 3.63) is 57.3 Å². The number of allylic oxidation sites excluding steroid dienone is 2. The third-order valence-corrected chi connectivity index (χ3v) is 6.19. The fourth-order valence-electron chi connectivity index (χ4n) is 4.54. The molecule has 7 nitrogen and oxygen atoms in total. The van der Waals surface area contributed by atoms with E-state index in [-0.39, 0.29) is 47.3 Å². The van der Waals surface area contributed by atoms with Crippen molar-refractivity contribution < 1.29 is 23.8 Å². The standard InChI is InChI=1S/C21H23ClFN3O4/c1-3-25-20(29)18-17(27)9-12(15-6-7-16(26(15)18)21(25)30-2)19(28)24-10-11-4-5-14(23)13(22)8-11/h4-5,8,16,21,27H,3,6-7,9-10H2,1-2H3,(H,24,28)/t16-,21+/m0/s1. The summed E-state index contributed by atoms with van der Waals surface area (Å²) in [6.45, 7) is 2.50. The second-order valence-corrected chi connectivity index (χ2v) is 7.93. The van der Waals surface area contributed by atoms with E-state index in [2.05, 4.69) is 5.32 Å². The molecule has 4 rings (SSSR count). The molecule has 160 valence electrons. The van der Waals surface area contributed by atoms with E-state index in [1.54, 1.807) is 23.0 Å². The van der Waals surface area contributed by atoms with Gasteiger partial charge in [-0.3, -0.25) is 9.59 Å². The number of methoxy groups -OCH3 is 1. The van der Waals surface area contributed by atoms with Gasteiger partial charge in [-0.15, -0.1) is 0 Å². The predicted molar refractivity (Wildman–Crippen MR) is 108 cm³/mol. The smallest absolute Gasteiger partial charge is 0.276 e. The zero-order chi connectivity index (χ0) is 21.6. The normalized spacial score (nSPS) is 23.3. The highest BCUT2D eigenvalue weighted by Gasteiger charge is 2.51. The van der Waals surface area contributed by atoms with Gasteiger partial charge in [0.25, 0.3) is 5.91 Å². The highest BCUT2D eigenvalue weighted by molar-refractivity contribution is 6.30. The van der Waals surface area contributed by atoms with Gasteiger partial charge < -0.3 is 25.0 Å². The topological polar surface area (TPSA) is 82.1 Å². The minimum Gasteiger partial charge on any atom is -0.510 e. The van der Waals surface area contributed by atoms with Crippen LogP contribution >= 0.6 is 11.6 Å². The van der Waals surface area contributed by atoms with Crippen LogP contribution in [0.25, 0.3) is 0 Å². The van der Waals surface area contributed by atoms with Crippen LogP contribution < -0.4 is 5.32 Å². The van der Waals surface area contributed by atoms with Gasteiger partial charge in [-0.2, -0.15) is 0 Å². The number of aliphatic hydroxyl groups is 1. The van der Waals surface area contributed by atoms with Crippen LogP contribution in [-0.4, -0.2) is 52.6 Å². The van der Waals surface area contributed by atoms with Gasteiger partial charge in [-0.25, -0.2) is 4.39 Å². The second-order valence-electron chi connectivity index (χ2n) is 7.52. The third-order valence-electron chi connectivity index (χ3n) is 5.90. The Balaban J connectivity index is 1.59. The first-order valence-electron chi connectivity index (χ1n) is 9.86. The molecule has 2 fully saturated rings. The summed E-state index contributed by atoms with van der Waals surface area (Å²) in [6, 6.07) is 4.10. The maximum atomic E-state index is 13.3. The molecule has 3 aliphatic heterocycles. The fourth-order valence-corrected chi connectivity index (χ4v) is 4.74. The molecular formula is C21H23ClFN3O4. The third kappa shape index (κ3) is 3.24. The molecule has 0 bridgehead atoms. The first-order chi connectivity index (χ1) is 14.4. The summed E-state index contributed by atoms with van der Waals surface area (Å²) >= 11 is 5.80. The van der Waals surface area contributed by atoms with Crippen LogP contribution in [0.1, 0.15) is 31.7 Å². The van der Waals surface area contributed by atoms with E-state index in [1.165, 1.54) is 12.1 Å².